The van der Waals surface area contributed by atoms with Gasteiger partial charge in [-0.3, -0.25) is 19.8 Å². The van der Waals surface area contributed by atoms with Crippen molar-refractivity contribution in [2.24, 2.45) is 0 Å². The molecular weight excluding hydrogens is 463 g/mol. The second-order valence-electron chi connectivity index (χ2n) is 7.87. The molecular formula is C24H24ClFN4O2S. The Hall–Kier alpha value is -2.81. The number of hydrogen-bond donors (Lipinski definition) is 1. The highest BCUT2D eigenvalue weighted by molar-refractivity contribution is 7.14. The summed E-state index contributed by atoms with van der Waals surface area (Å²) in [7, 11) is 0. The number of nitrogens with zero attached hydrogens (tertiary/aromatic N) is 3. The molecule has 2 aromatic carbocycles. The first-order valence-electron chi connectivity index (χ1n) is 10.7. The number of rotatable bonds is 6. The molecule has 1 N–H and O–H groups in total. The molecule has 3 aromatic rings. The number of amides is 2. The number of halogens is 2. The van der Waals surface area contributed by atoms with Gasteiger partial charge in [0.05, 0.1) is 17.7 Å². The van der Waals surface area contributed by atoms with Gasteiger partial charge >= 0.3 is 0 Å². The molecule has 2 amide bonds. The fourth-order valence-electron chi connectivity index (χ4n) is 3.89. The molecule has 0 aliphatic carbocycles. The van der Waals surface area contributed by atoms with E-state index in [0.29, 0.717) is 23.9 Å². The molecule has 1 unspecified atom stereocenters. The van der Waals surface area contributed by atoms with Crippen LogP contribution in [-0.4, -0.2) is 52.8 Å². The van der Waals surface area contributed by atoms with Crippen LogP contribution in [-0.2, 0) is 11.2 Å². The molecule has 1 aromatic heterocycles. The molecule has 1 atom stereocenters. The van der Waals surface area contributed by atoms with Crippen LogP contribution in [0.25, 0.3) is 0 Å². The fourth-order valence-corrected chi connectivity index (χ4v) is 4.89. The van der Waals surface area contributed by atoms with Crippen LogP contribution in [0.4, 0.5) is 9.52 Å². The predicted octanol–water partition coefficient (Wildman–Crippen LogP) is 4.64. The van der Waals surface area contributed by atoms with Gasteiger partial charge in [-0.1, -0.05) is 41.9 Å². The summed E-state index contributed by atoms with van der Waals surface area (Å²) in [6, 6.07) is 13.8. The van der Waals surface area contributed by atoms with E-state index in [2.05, 4.69) is 22.1 Å². The molecule has 2 heterocycles. The van der Waals surface area contributed by atoms with Crippen LogP contribution in [0.3, 0.4) is 0 Å². The van der Waals surface area contributed by atoms with Crippen molar-refractivity contribution < 1.29 is 14.0 Å². The second-order valence-corrected chi connectivity index (χ2v) is 9.13. The van der Waals surface area contributed by atoms with E-state index in [9.17, 15) is 14.0 Å². The number of benzene rings is 2. The molecule has 6 nitrogen and oxygen atoms in total. The first kappa shape index (κ1) is 23.4. The van der Waals surface area contributed by atoms with Crippen molar-refractivity contribution in [2.45, 2.75) is 19.4 Å². The van der Waals surface area contributed by atoms with Crippen molar-refractivity contribution >= 4 is 39.9 Å². The molecule has 0 saturated carbocycles. The third kappa shape index (κ3) is 5.58. The van der Waals surface area contributed by atoms with Crippen LogP contribution in [0, 0.1) is 5.82 Å². The molecule has 1 fully saturated rings. The lowest BCUT2D eigenvalue weighted by Crippen LogP contribution is -2.49. The summed E-state index contributed by atoms with van der Waals surface area (Å²) >= 11 is 7.56. The SMILES string of the molecule is CC(c1ccccc1Cl)N1CCN(C(=O)Cc2csc(NC(=O)c3ccccc3F)n2)CC1. The van der Waals surface area contributed by atoms with Crippen molar-refractivity contribution in [2.75, 3.05) is 31.5 Å². The van der Waals surface area contributed by atoms with Crippen LogP contribution in [0.15, 0.2) is 53.9 Å². The van der Waals surface area contributed by atoms with E-state index in [0.717, 1.165) is 23.7 Å². The number of nitrogens with one attached hydrogen (secondary N) is 1. The number of hydrogen-bond acceptors (Lipinski definition) is 5. The van der Waals surface area contributed by atoms with Gasteiger partial charge in [0.1, 0.15) is 5.82 Å². The van der Waals surface area contributed by atoms with E-state index in [-0.39, 0.29) is 23.9 Å². The third-order valence-electron chi connectivity index (χ3n) is 5.79. The zero-order valence-corrected chi connectivity index (χ0v) is 19.7. The Morgan fingerprint density at radius 1 is 1.12 bits per heavy atom. The molecule has 1 saturated heterocycles. The lowest BCUT2D eigenvalue weighted by Gasteiger charge is -2.38. The Morgan fingerprint density at radius 3 is 2.55 bits per heavy atom. The van der Waals surface area contributed by atoms with Crippen molar-refractivity contribution in [3.8, 4) is 0 Å². The van der Waals surface area contributed by atoms with Gasteiger partial charge in [0.15, 0.2) is 5.13 Å². The molecule has 0 radical (unpaired) electrons. The largest absolute Gasteiger partial charge is 0.340 e. The number of thiazole rings is 1. The average molecular weight is 487 g/mol. The van der Waals surface area contributed by atoms with Crippen molar-refractivity contribution in [1.82, 2.24) is 14.8 Å². The predicted molar refractivity (Wildman–Crippen MR) is 128 cm³/mol. The standard InChI is InChI=1S/C24H24ClFN4O2S/c1-16(18-6-2-4-8-20(18)25)29-10-12-30(13-11-29)22(31)14-17-15-33-24(27-17)28-23(32)19-7-3-5-9-21(19)26/h2-9,15-16H,10-14H2,1H3,(H,27,28,32). The molecule has 0 bridgehead atoms. The van der Waals surface area contributed by atoms with Gasteiger partial charge in [-0.2, -0.15) is 0 Å². The third-order valence-corrected chi connectivity index (χ3v) is 6.94. The van der Waals surface area contributed by atoms with Gasteiger partial charge in [0.25, 0.3) is 5.91 Å². The maximum atomic E-state index is 13.8. The molecule has 9 heteroatoms. The van der Waals surface area contributed by atoms with Gasteiger partial charge in [-0.15, -0.1) is 11.3 Å². The summed E-state index contributed by atoms with van der Waals surface area (Å²) in [6.45, 7) is 4.92. The Bertz CT molecular complexity index is 1150. The molecule has 0 spiro atoms. The van der Waals surface area contributed by atoms with Crippen molar-refractivity contribution in [3.05, 3.63) is 81.6 Å². The van der Waals surface area contributed by atoms with Crippen molar-refractivity contribution in [3.63, 3.8) is 0 Å². The highest BCUT2D eigenvalue weighted by Gasteiger charge is 2.26. The summed E-state index contributed by atoms with van der Waals surface area (Å²) in [5.41, 5.74) is 1.63. The van der Waals surface area contributed by atoms with E-state index >= 15 is 0 Å². The summed E-state index contributed by atoms with van der Waals surface area (Å²) in [4.78, 5) is 33.5. The van der Waals surface area contributed by atoms with Crippen LogP contribution in [0.2, 0.25) is 5.02 Å². The molecule has 1 aliphatic rings. The minimum atomic E-state index is -0.593. The number of piperazine rings is 1. The molecule has 1 aliphatic heterocycles. The Kier molecular flexibility index (Phi) is 7.37. The summed E-state index contributed by atoms with van der Waals surface area (Å²) in [6.07, 6.45) is 0.159. The molecule has 4 rings (SSSR count). The normalized spacial score (nSPS) is 15.3. The van der Waals surface area contributed by atoms with Gasteiger partial charge < -0.3 is 4.90 Å². The average Bonchev–Trinajstić information content (AvgIpc) is 3.25. The van der Waals surface area contributed by atoms with Crippen LogP contribution < -0.4 is 5.32 Å². The van der Waals surface area contributed by atoms with E-state index in [1.807, 2.05) is 29.2 Å². The summed E-state index contributed by atoms with van der Waals surface area (Å²) in [5.74, 6) is -1.16. The van der Waals surface area contributed by atoms with Gasteiger partial charge in [-0.05, 0) is 30.7 Å². The highest BCUT2D eigenvalue weighted by atomic mass is 35.5. The van der Waals surface area contributed by atoms with Gasteiger partial charge in [0, 0.05) is 42.6 Å². The van der Waals surface area contributed by atoms with E-state index < -0.39 is 11.7 Å². The Balaban J connectivity index is 1.29. The van der Waals surface area contributed by atoms with Crippen LogP contribution in [0.5, 0.6) is 0 Å². The van der Waals surface area contributed by atoms with Gasteiger partial charge in [-0.25, -0.2) is 9.37 Å². The van der Waals surface area contributed by atoms with E-state index in [4.69, 9.17) is 11.6 Å². The van der Waals surface area contributed by atoms with E-state index in [1.165, 1.54) is 29.5 Å². The number of carbonyl (C=O) groups excluding carboxylic acids is 2. The van der Waals surface area contributed by atoms with E-state index in [1.54, 1.807) is 11.4 Å². The minimum absolute atomic E-state index is 0.00248. The lowest BCUT2D eigenvalue weighted by atomic mass is 10.1. The highest BCUT2D eigenvalue weighted by Crippen LogP contribution is 2.28. The summed E-state index contributed by atoms with van der Waals surface area (Å²) in [5, 5.41) is 5.43. The number of carbonyl (C=O) groups is 2. The van der Waals surface area contributed by atoms with Crippen LogP contribution in [0.1, 0.15) is 34.6 Å². The second kappa shape index (κ2) is 10.4. The first-order valence-corrected chi connectivity index (χ1v) is 11.9. The maximum Gasteiger partial charge on any atom is 0.260 e. The number of aromatic nitrogens is 1. The molecule has 33 heavy (non-hydrogen) atoms. The zero-order valence-electron chi connectivity index (χ0n) is 18.1. The van der Waals surface area contributed by atoms with Gasteiger partial charge in [0.2, 0.25) is 5.91 Å². The maximum absolute atomic E-state index is 13.8. The van der Waals surface area contributed by atoms with Crippen LogP contribution >= 0.6 is 22.9 Å². The zero-order chi connectivity index (χ0) is 23.4. The monoisotopic (exact) mass is 486 g/mol. The number of anilines is 1. The smallest absolute Gasteiger partial charge is 0.260 e. The quantitative estimate of drug-likeness (QED) is 0.551. The Labute approximate surface area is 201 Å². The topological polar surface area (TPSA) is 65.5 Å². The lowest BCUT2D eigenvalue weighted by molar-refractivity contribution is -0.132. The molecule has 172 valence electrons. The summed E-state index contributed by atoms with van der Waals surface area (Å²) < 4.78 is 13.8. The van der Waals surface area contributed by atoms with Crippen molar-refractivity contribution in [1.29, 1.82) is 0 Å². The minimum Gasteiger partial charge on any atom is -0.340 e. The fraction of sp³-hybridized carbons (Fsp3) is 0.292. The first-order chi connectivity index (χ1) is 15.9. The Morgan fingerprint density at radius 2 is 1.82 bits per heavy atom.